The van der Waals surface area contributed by atoms with E-state index < -0.39 is 34.6 Å². The number of likely N-dealkylation sites (tertiary alicyclic amines) is 1. The second-order valence-corrected chi connectivity index (χ2v) is 8.68. The van der Waals surface area contributed by atoms with Crippen molar-refractivity contribution in [3.05, 3.63) is 23.8 Å². The van der Waals surface area contributed by atoms with Crippen LogP contribution in [0.25, 0.3) is 0 Å². The highest BCUT2D eigenvalue weighted by atomic mass is 32.2. The molecule has 1 saturated heterocycles. The number of halogens is 3. The van der Waals surface area contributed by atoms with Gasteiger partial charge < -0.3 is 15.0 Å². The first-order valence-corrected chi connectivity index (χ1v) is 10.4. The predicted octanol–water partition coefficient (Wildman–Crippen LogP) is 2.75. The highest BCUT2D eigenvalue weighted by Gasteiger charge is 2.33. The highest BCUT2D eigenvalue weighted by Crippen LogP contribution is 2.24. The monoisotopic (exact) mass is 422 g/mol. The molecule has 2 amide bonds. The van der Waals surface area contributed by atoms with Gasteiger partial charge in [0.05, 0.1) is 4.90 Å². The van der Waals surface area contributed by atoms with Crippen LogP contribution in [0.3, 0.4) is 0 Å². The molecule has 156 valence electrons. The lowest BCUT2D eigenvalue weighted by molar-refractivity contribution is -0.162. The molecule has 28 heavy (non-hydrogen) atoms. The maximum atomic E-state index is 12.5. The zero-order chi connectivity index (χ0) is 21.1. The fourth-order valence-corrected chi connectivity index (χ4v) is 3.41. The van der Waals surface area contributed by atoms with Crippen molar-refractivity contribution in [2.45, 2.75) is 30.8 Å². The van der Waals surface area contributed by atoms with Gasteiger partial charge in [0.25, 0.3) is 0 Å². The Labute approximate surface area is 160 Å². The average Bonchev–Trinajstić information content (AvgIpc) is 2.60. The SMILES string of the molecule is Cc1ccc(S(C)(=O)=O)cc1NC(=O)C1CCN(C(=O)OCC(F)(F)F)CC1. The molecule has 1 N–H and O–H groups in total. The Balaban J connectivity index is 1.93. The number of piperidine rings is 1. The molecule has 0 radical (unpaired) electrons. The van der Waals surface area contributed by atoms with Gasteiger partial charge in [0.2, 0.25) is 5.91 Å². The summed E-state index contributed by atoms with van der Waals surface area (Å²) in [5.41, 5.74) is 1.06. The van der Waals surface area contributed by atoms with Gasteiger partial charge in [-0.05, 0) is 37.5 Å². The molecular weight excluding hydrogens is 401 g/mol. The Morgan fingerprint density at radius 1 is 1.25 bits per heavy atom. The number of sulfone groups is 1. The normalized spacial score (nSPS) is 16.0. The quantitative estimate of drug-likeness (QED) is 0.806. The number of hydrogen-bond donors (Lipinski definition) is 1. The van der Waals surface area contributed by atoms with Gasteiger partial charge in [-0.2, -0.15) is 13.2 Å². The summed E-state index contributed by atoms with van der Waals surface area (Å²) in [5.74, 6) is -0.787. The molecule has 0 aromatic heterocycles. The van der Waals surface area contributed by atoms with Gasteiger partial charge in [-0.15, -0.1) is 0 Å². The van der Waals surface area contributed by atoms with Crippen molar-refractivity contribution in [2.75, 3.05) is 31.3 Å². The number of carbonyl (C=O) groups is 2. The third-order valence-corrected chi connectivity index (χ3v) is 5.49. The number of anilines is 1. The summed E-state index contributed by atoms with van der Waals surface area (Å²) >= 11 is 0. The summed E-state index contributed by atoms with van der Waals surface area (Å²) in [7, 11) is -3.43. The van der Waals surface area contributed by atoms with E-state index in [2.05, 4.69) is 10.1 Å². The van der Waals surface area contributed by atoms with Crippen molar-refractivity contribution in [1.82, 2.24) is 4.90 Å². The van der Waals surface area contributed by atoms with E-state index >= 15 is 0 Å². The molecular formula is C17H21F3N2O5S. The first-order chi connectivity index (χ1) is 12.9. The minimum absolute atomic E-state index is 0.0793. The van der Waals surface area contributed by atoms with Crippen LogP contribution in [0.2, 0.25) is 0 Å². The number of alkyl halides is 3. The van der Waals surface area contributed by atoms with Crippen molar-refractivity contribution >= 4 is 27.5 Å². The summed E-state index contributed by atoms with van der Waals surface area (Å²) in [5, 5.41) is 2.69. The van der Waals surface area contributed by atoms with E-state index in [1.54, 1.807) is 13.0 Å². The van der Waals surface area contributed by atoms with Crippen molar-refractivity contribution in [3.63, 3.8) is 0 Å². The minimum atomic E-state index is -4.59. The van der Waals surface area contributed by atoms with Crippen LogP contribution < -0.4 is 5.32 Å². The molecule has 1 heterocycles. The smallest absolute Gasteiger partial charge is 0.422 e. The largest absolute Gasteiger partial charge is 0.440 e. The Morgan fingerprint density at radius 3 is 2.39 bits per heavy atom. The zero-order valence-electron chi connectivity index (χ0n) is 15.4. The Morgan fingerprint density at radius 2 is 1.86 bits per heavy atom. The number of carbonyl (C=O) groups excluding carboxylic acids is 2. The topological polar surface area (TPSA) is 92.8 Å². The molecule has 1 aliphatic heterocycles. The molecule has 7 nitrogen and oxygen atoms in total. The van der Waals surface area contributed by atoms with Crippen LogP contribution in [0.1, 0.15) is 18.4 Å². The van der Waals surface area contributed by atoms with Crippen LogP contribution in [-0.4, -0.2) is 57.4 Å². The number of hydrogen-bond acceptors (Lipinski definition) is 5. The van der Waals surface area contributed by atoms with Crippen LogP contribution in [0.15, 0.2) is 23.1 Å². The minimum Gasteiger partial charge on any atom is -0.440 e. The van der Waals surface area contributed by atoms with Gasteiger partial charge in [-0.3, -0.25) is 4.79 Å². The maximum Gasteiger partial charge on any atom is 0.422 e. The van der Waals surface area contributed by atoms with E-state index in [1.165, 1.54) is 12.1 Å². The molecule has 1 aliphatic rings. The molecule has 1 fully saturated rings. The molecule has 0 spiro atoms. The van der Waals surface area contributed by atoms with Gasteiger partial charge in [-0.1, -0.05) is 6.07 Å². The molecule has 0 saturated carbocycles. The molecule has 1 aromatic rings. The van der Waals surface area contributed by atoms with Crippen molar-refractivity contribution in [3.8, 4) is 0 Å². The van der Waals surface area contributed by atoms with Gasteiger partial charge in [0.1, 0.15) is 0 Å². The molecule has 2 rings (SSSR count). The van der Waals surface area contributed by atoms with E-state index in [0.717, 1.165) is 11.2 Å². The predicted molar refractivity (Wildman–Crippen MR) is 94.6 cm³/mol. The van der Waals surface area contributed by atoms with Crippen LogP contribution in [0, 0.1) is 12.8 Å². The Bertz CT molecular complexity index is 847. The summed E-state index contributed by atoms with van der Waals surface area (Å²) in [6, 6.07) is 4.42. The molecule has 0 bridgehead atoms. The number of amides is 2. The fourth-order valence-electron chi connectivity index (χ4n) is 2.76. The number of ether oxygens (including phenoxy) is 1. The lowest BCUT2D eigenvalue weighted by atomic mass is 9.96. The maximum absolute atomic E-state index is 12.5. The first kappa shape index (κ1) is 22.0. The summed E-state index contributed by atoms with van der Waals surface area (Å²) in [4.78, 5) is 25.3. The van der Waals surface area contributed by atoms with Crippen LogP contribution in [0.5, 0.6) is 0 Å². The third-order valence-electron chi connectivity index (χ3n) is 4.38. The first-order valence-electron chi connectivity index (χ1n) is 8.47. The van der Waals surface area contributed by atoms with E-state index in [1.807, 2.05) is 0 Å². The summed E-state index contributed by atoms with van der Waals surface area (Å²) in [6.07, 6.45) is -4.06. The van der Waals surface area contributed by atoms with Crippen LogP contribution >= 0.6 is 0 Å². The number of benzene rings is 1. The van der Waals surface area contributed by atoms with Crippen molar-refractivity contribution in [2.24, 2.45) is 5.92 Å². The second-order valence-electron chi connectivity index (χ2n) is 6.67. The number of aryl methyl sites for hydroxylation is 1. The molecule has 0 aliphatic carbocycles. The van der Waals surface area contributed by atoms with E-state index in [4.69, 9.17) is 0 Å². The van der Waals surface area contributed by atoms with Crippen molar-refractivity contribution < 1.29 is 35.9 Å². The van der Waals surface area contributed by atoms with Gasteiger partial charge in [-0.25, -0.2) is 13.2 Å². The Hall–Kier alpha value is -2.30. The van der Waals surface area contributed by atoms with E-state index in [0.29, 0.717) is 11.3 Å². The second kappa shape index (κ2) is 8.38. The van der Waals surface area contributed by atoms with Crippen LogP contribution in [0.4, 0.5) is 23.7 Å². The van der Waals surface area contributed by atoms with E-state index in [9.17, 15) is 31.2 Å². The summed E-state index contributed by atoms with van der Waals surface area (Å²) in [6.45, 7) is 0.261. The van der Waals surface area contributed by atoms with Gasteiger partial charge >= 0.3 is 12.3 Å². The van der Waals surface area contributed by atoms with Gasteiger partial charge in [0, 0.05) is 31.0 Å². The number of nitrogens with zero attached hydrogens (tertiary/aromatic N) is 1. The molecule has 1 aromatic carbocycles. The van der Waals surface area contributed by atoms with Crippen LogP contribution in [-0.2, 0) is 19.4 Å². The summed E-state index contributed by atoms with van der Waals surface area (Å²) < 4.78 is 63.9. The zero-order valence-corrected chi connectivity index (χ0v) is 16.2. The standard InChI is InChI=1S/C17H21F3N2O5S/c1-11-3-4-13(28(2,25)26)9-14(11)21-15(23)12-5-7-22(8-6-12)16(24)27-10-17(18,19)20/h3-4,9,12H,5-8,10H2,1-2H3,(H,21,23). The molecule has 11 heteroatoms. The lowest BCUT2D eigenvalue weighted by Gasteiger charge is -2.30. The van der Waals surface area contributed by atoms with E-state index in [-0.39, 0.29) is 36.7 Å². The number of rotatable bonds is 4. The lowest BCUT2D eigenvalue weighted by Crippen LogP contribution is -2.42. The number of nitrogens with one attached hydrogen (secondary N) is 1. The molecule has 0 atom stereocenters. The van der Waals surface area contributed by atoms with Crippen molar-refractivity contribution in [1.29, 1.82) is 0 Å². The highest BCUT2D eigenvalue weighted by molar-refractivity contribution is 7.90. The Kier molecular flexibility index (Phi) is 6.58. The molecule has 0 unspecified atom stereocenters. The fraction of sp³-hybridized carbons (Fsp3) is 0.529. The average molecular weight is 422 g/mol. The third kappa shape index (κ3) is 6.11. The van der Waals surface area contributed by atoms with Gasteiger partial charge in [0.15, 0.2) is 16.4 Å².